The molecule has 0 unspecified atom stereocenters. The summed E-state index contributed by atoms with van der Waals surface area (Å²) >= 11 is 3.12. The van der Waals surface area contributed by atoms with Gasteiger partial charge in [0, 0.05) is 29.0 Å². The lowest BCUT2D eigenvalue weighted by Gasteiger charge is -2.15. The quantitative estimate of drug-likeness (QED) is 0.666. The third kappa shape index (κ3) is 4.85. The number of hydrogen-bond donors (Lipinski definition) is 2. The molecule has 0 radical (unpaired) electrons. The molecule has 3 aromatic heterocycles. The Labute approximate surface area is 153 Å². The molecule has 0 bridgehead atoms. The minimum absolute atomic E-state index is 0.127. The molecule has 130 valence electrons. The van der Waals surface area contributed by atoms with Gasteiger partial charge in [0.1, 0.15) is 5.56 Å². The minimum atomic E-state index is -0.372. The van der Waals surface area contributed by atoms with Gasteiger partial charge < -0.3 is 10.3 Å². The van der Waals surface area contributed by atoms with Crippen LogP contribution in [0.1, 0.15) is 26.6 Å². The van der Waals surface area contributed by atoms with Gasteiger partial charge in [-0.25, -0.2) is 4.98 Å². The average molecular weight is 374 g/mol. The molecule has 3 heterocycles. The number of amides is 1. The number of pyridine rings is 1. The van der Waals surface area contributed by atoms with Gasteiger partial charge >= 0.3 is 0 Å². The molecule has 0 aromatic carbocycles. The molecule has 0 aliphatic carbocycles. The van der Waals surface area contributed by atoms with Crippen LogP contribution < -0.4 is 10.9 Å². The summed E-state index contributed by atoms with van der Waals surface area (Å²) in [7, 11) is 1.96. The van der Waals surface area contributed by atoms with Crippen LogP contribution in [0, 0.1) is 0 Å². The summed E-state index contributed by atoms with van der Waals surface area (Å²) in [5.74, 6) is -0.364. The Morgan fingerprint density at radius 3 is 2.88 bits per heavy atom. The predicted molar refractivity (Wildman–Crippen MR) is 99.8 cm³/mol. The van der Waals surface area contributed by atoms with Crippen LogP contribution in [-0.4, -0.2) is 27.8 Å². The van der Waals surface area contributed by atoms with E-state index in [1.807, 2.05) is 29.9 Å². The minimum Gasteiger partial charge on any atom is -0.347 e. The summed E-state index contributed by atoms with van der Waals surface area (Å²) in [6, 6.07) is 7.22. The highest BCUT2D eigenvalue weighted by Gasteiger charge is 2.12. The third-order valence-corrected chi connectivity index (χ3v) is 5.09. The summed E-state index contributed by atoms with van der Waals surface area (Å²) < 4.78 is 0. The highest BCUT2D eigenvalue weighted by molar-refractivity contribution is 7.09. The van der Waals surface area contributed by atoms with E-state index >= 15 is 0 Å². The van der Waals surface area contributed by atoms with Crippen LogP contribution in [0.3, 0.4) is 0 Å². The predicted octanol–water partition coefficient (Wildman–Crippen LogP) is 2.45. The van der Waals surface area contributed by atoms with Crippen molar-refractivity contribution in [2.24, 2.45) is 0 Å². The molecular formula is C17H18N4O2S2. The third-order valence-electron chi connectivity index (χ3n) is 3.57. The van der Waals surface area contributed by atoms with E-state index in [1.165, 1.54) is 0 Å². The maximum atomic E-state index is 12.2. The Morgan fingerprint density at radius 2 is 2.20 bits per heavy atom. The summed E-state index contributed by atoms with van der Waals surface area (Å²) in [5.41, 5.74) is 3.32. The van der Waals surface area contributed by atoms with Gasteiger partial charge in [-0.3, -0.25) is 14.5 Å². The van der Waals surface area contributed by atoms with Gasteiger partial charge in [0.05, 0.1) is 17.7 Å². The molecule has 3 rings (SSSR count). The average Bonchev–Trinajstić information content (AvgIpc) is 3.26. The number of H-pyrrole nitrogens is 1. The lowest BCUT2D eigenvalue weighted by molar-refractivity contribution is 0.0949. The Balaban J connectivity index is 1.60. The van der Waals surface area contributed by atoms with Gasteiger partial charge in [0.15, 0.2) is 0 Å². The van der Waals surface area contributed by atoms with E-state index in [-0.39, 0.29) is 17.0 Å². The fraction of sp³-hybridized carbons (Fsp3) is 0.235. The first-order chi connectivity index (χ1) is 12.1. The number of carbonyl (C=O) groups is 1. The van der Waals surface area contributed by atoms with Gasteiger partial charge in [0.25, 0.3) is 11.5 Å². The first-order valence-corrected chi connectivity index (χ1v) is 9.52. The molecule has 0 spiro atoms. The fourth-order valence-corrected chi connectivity index (χ4v) is 3.59. The normalized spacial score (nSPS) is 11.0. The second-order valence-electron chi connectivity index (χ2n) is 5.64. The second-order valence-corrected chi connectivity index (χ2v) is 7.39. The summed E-state index contributed by atoms with van der Waals surface area (Å²) in [4.78, 5) is 34.5. The fourth-order valence-electron chi connectivity index (χ4n) is 2.40. The number of carbonyl (C=O) groups excluding carboxylic acids is 1. The number of aromatic amines is 1. The Kier molecular flexibility index (Phi) is 5.75. The van der Waals surface area contributed by atoms with E-state index in [9.17, 15) is 9.59 Å². The number of nitrogens with zero attached hydrogens (tertiary/aromatic N) is 2. The van der Waals surface area contributed by atoms with Crippen LogP contribution in [0.5, 0.6) is 0 Å². The van der Waals surface area contributed by atoms with Crippen LogP contribution in [0.2, 0.25) is 0 Å². The number of rotatable bonds is 7. The van der Waals surface area contributed by atoms with E-state index in [2.05, 4.69) is 20.2 Å². The van der Waals surface area contributed by atoms with Crippen molar-refractivity contribution in [3.8, 4) is 0 Å². The Morgan fingerprint density at radius 1 is 1.32 bits per heavy atom. The molecule has 0 fully saturated rings. The van der Waals surface area contributed by atoms with Crippen molar-refractivity contribution >= 4 is 28.6 Å². The van der Waals surface area contributed by atoms with Crippen LogP contribution in [0.15, 0.2) is 45.3 Å². The number of hydrogen-bond acceptors (Lipinski definition) is 6. The van der Waals surface area contributed by atoms with E-state index in [1.54, 1.807) is 40.3 Å². The lowest BCUT2D eigenvalue weighted by atomic mass is 10.2. The zero-order chi connectivity index (χ0) is 17.6. The standard InChI is InChI=1S/C17H18N4O2S2/c1-21(9-13-10-24-11-19-13)8-12-4-5-15(17(23)20-12)16(22)18-7-14-3-2-6-25-14/h2-6,10-11H,7-9H2,1H3,(H,18,22)(H,20,23). The van der Waals surface area contributed by atoms with Crippen LogP contribution in [0.25, 0.3) is 0 Å². The second kappa shape index (κ2) is 8.19. The Hall–Kier alpha value is -2.29. The molecule has 1 amide bonds. The molecule has 0 atom stereocenters. The van der Waals surface area contributed by atoms with Crippen molar-refractivity contribution in [1.82, 2.24) is 20.2 Å². The van der Waals surface area contributed by atoms with Crippen molar-refractivity contribution in [1.29, 1.82) is 0 Å². The molecule has 8 heteroatoms. The smallest absolute Gasteiger partial charge is 0.261 e. The molecule has 0 aliphatic heterocycles. The molecule has 3 aromatic rings. The molecule has 6 nitrogen and oxygen atoms in total. The van der Waals surface area contributed by atoms with Crippen molar-refractivity contribution in [2.75, 3.05) is 7.05 Å². The summed E-state index contributed by atoms with van der Waals surface area (Å²) in [6.07, 6.45) is 0. The first-order valence-electron chi connectivity index (χ1n) is 7.70. The molecule has 2 N–H and O–H groups in total. The van der Waals surface area contributed by atoms with Crippen molar-refractivity contribution in [3.63, 3.8) is 0 Å². The van der Waals surface area contributed by atoms with E-state index in [4.69, 9.17) is 0 Å². The highest BCUT2D eigenvalue weighted by atomic mass is 32.1. The van der Waals surface area contributed by atoms with Crippen molar-refractivity contribution in [3.05, 3.63) is 72.7 Å². The van der Waals surface area contributed by atoms with Gasteiger partial charge in [-0.1, -0.05) is 6.07 Å². The van der Waals surface area contributed by atoms with Gasteiger partial charge in [-0.15, -0.1) is 22.7 Å². The molecule has 0 saturated carbocycles. The summed E-state index contributed by atoms with van der Waals surface area (Å²) in [5, 5.41) is 6.72. The molecule has 25 heavy (non-hydrogen) atoms. The maximum Gasteiger partial charge on any atom is 0.261 e. The topological polar surface area (TPSA) is 78.1 Å². The molecular weight excluding hydrogens is 356 g/mol. The Bertz CT molecular complexity index is 872. The summed E-state index contributed by atoms with van der Waals surface area (Å²) in [6.45, 7) is 1.70. The van der Waals surface area contributed by atoms with E-state index < -0.39 is 0 Å². The largest absolute Gasteiger partial charge is 0.347 e. The van der Waals surface area contributed by atoms with Gasteiger partial charge in [0.2, 0.25) is 0 Å². The van der Waals surface area contributed by atoms with E-state index in [0.29, 0.717) is 19.6 Å². The van der Waals surface area contributed by atoms with Crippen LogP contribution in [-0.2, 0) is 19.6 Å². The number of aromatic nitrogens is 2. The lowest BCUT2D eigenvalue weighted by Crippen LogP contribution is -2.30. The van der Waals surface area contributed by atoms with Gasteiger partial charge in [-0.2, -0.15) is 0 Å². The maximum absolute atomic E-state index is 12.2. The van der Waals surface area contributed by atoms with Crippen molar-refractivity contribution < 1.29 is 4.79 Å². The SMILES string of the molecule is CN(Cc1cscn1)Cc1ccc(C(=O)NCc2cccs2)c(=O)[nH]1. The zero-order valence-corrected chi connectivity index (χ0v) is 15.3. The number of thiophene rings is 1. The molecule has 0 saturated heterocycles. The van der Waals surface area contributed by atoms with Gasteiger partial charge in [-0.05, 0) is 30.6 Å². The van der Waals surface area contributed by atoms with E-state index in [0.717, 1.165) is 16.3 Å². The molecule has 0 aliphatic rings. The zero-order valence-electron chi connectivity index (χ0n) is 13.7. The monoisotopic (exact) mass is 374 g/mol. The van der Waals surface area contributed by atoms with Crippen molar-refractivity contribution in [2.45, 2.75) is 19.6 Å². The number of thiazole rings is 1. The van der Waals surface area contributed by atoms with Crippen LogP contribution in [0.4, 0.5) is 0 Å². The first kappa shape index (κ1) is 17.5. The highest BCUT2D eigenvalue weighted by Crippen LogP contribution is 2.09. The van der Waals surface area contributed by atoms with Crippen LogP contribution >= 0.6 is 22.7 Å². The number of nitrogens with one attached hydrogen (secondary N) is 2.